The number of thioether (sulfide) groups is 1. The Labute approximate surface area is 141 Å². The minimum absolute atomic E-state index is 0.102. The highest BCUT2D eigenvalue weighted by atomic mass is 32.2. The summed E-state index contributed by atoms with van der Waals surface area (Å²) in [4.78, 5) is 26.2. The third-order valence-corrected chi connectivity index (χ3v) is 4.20. The van der Waals surface area contributed by atoms with Gasteiger partial charge in [0.2, 0.25) is 12.2 Å². The van der Waals surface area contributed by atoms with E-state index in [4.69, 9.17) is 5.26 Å². The molecule has 1 N–H and O–H groups in total. The highest BCUT2D eigenvalue weighted by Gasteiger charge is 2.16. The van der Waals surface area contributed by atoms with Crippen molar-refractivity contribution in [2.24, 2.45) is 5.92 Å². The summed E-state index contributed by atoms with van der Waals surface area (Å²) in [5, 5.41) is 25.7. The SMILES string of the molecule is CC(C#N)CSc1ccccc1NC(=O)Cn1cnc([N+](=O)[O-])n1. The van der Waals surface area contributed by atoms with Crippen LogP contribution in [0.3, 0.4) is 0 Å². The molecular weight excluding hydrogens is 332 g/mol. The minimum atomic E-state index is -0.725. The van der Waals surface area contributed by atoms with E-state index in [0.717, 1.165) is 15.9 Å². The van der Waals surface area contributed by atoms with Gasteiger partial charge in [-0.1, -0.05) is 17.1 Å². The van der Waals surface area contributed by atoms with Crippen LogP contribution in [0.5, 0.6) is 0 Å². The molecule has 10 heteroatoms. The van der Waals surface area contributed by atoms with Crippen LogP contribution in [0.1, 0.15) is 6.92 Å². The molecule has 1 heterocycles. The Balaban J connectivity index is 2.00. The second kappa shape index (κ2) is 8.07. The largest absolute Gasteiger partial charge is 0.490 e. The topological polar surface area (TPSA) is 127 Å². The zero-order chi connectivity index (χ0) is 17.5. The van der Waals surface area contributed by atoms with E-state index in [9.17, 15) is 14.9 Å². The number of amides is 1. The fraction of sp³-hybridized carbons (Fsp3) is 0.286. The fourth-order valence-corrected chi connectivity index (χ4v) is 2.68. The molecule has 1 aromatic heterocycles. The molecule has 2 rings (SSSR count). The predicted octanol–water partition coefficient (Wildman–Crippen LogP) is 2.08. The van der Waals surface area contributed by atoms with Gasteiger partial charge < -0.3 is 15.4 Å². The molecule has 1 amide bonds. The zero-order valence-corrected chi connectivity index (χ0v) is 13.6. The van der Waals surface area contributed by atoms with Crippen molar-refractivity contribution in [2.45, 2.75) is 18.4 Å². The van der Waals surface area contributed by atoms with Gasteiger partial charge in [-0.2, -0.15) is 9.94 Å². The Morgan fingerprint density at radius 2 is 2.29 bits per heavy atom. The lowest BCUT2D eigenvalue weighted by molar-refractivity contribution is -0.394. The average molecular weight is 346 g/mol. The number of nitriles is 1. The first-order valence-corrected chi connectivity index (χ1v) is 7.93. The Kier molecular flexibility index (Phi) is 5.86. The van der Waals surface area contributed by atoms with Gasteiger partial charge >= 0.3 is 5.95 Å². The van der Waals surface area contributed by atoms with Crippen LogP contribution in [0, 0.1) is 27.4 Å². The number of nitrogens with one attached hydrogen (secondary N) is 1. The summed E-state index contributed by atoms with van der Waals surface area (Å²) < 4.78 is 1.10. The highest BCUT2D eigenvalue weighted by molar-refractivity contribution is 7.99. The normalized spacial score (nSPS) is 11.5. The standard InChI is InChI=1S/C14H14N6O3S/c1-10(6-15)8-24-12-5-3-2-4-11(12)17-13(21)7-19-9-16-14(18-19)20(22)23/h2-5,9-10H,7-8H2,1H3,(H,17,21). The highest BCUT2D eigenvalue weighted by Crippen LogP contribution is 2.28. The van der Waals surface area contributed by atoms with E-state index in [0.29, 0.717) is 11.4 Å². The van der Waals surface area contributed by atoms with Crippen molar-refractivity contribution >= 4 is 29.3 Å². The maximum absolute atomic E-state index is 12.1. The van der Waals surface area contributed by atoms with Crippen LogP contribution in [0.25, 0.3) is 0 Å². The van der Waals surface area contributed by atoms with E-state index < -0.39 is 10.9 Å². The zero-order valence-electron chi connectivity index (χ0n) is 12.7. The van der Waals surface area contributed by atoms with Crippen molar-refractivity contribution in [3.05, 3.63) is 40.7 Å². The molecule has 0 aliphatic heterocycles. The van der Waals surface area contributed by atoms with Gasteiger partial charge in [0.15, 0.2) is 0 Å². The second-order valence-corrected chi connectivity index (χ2v) is 5.95. The minimum Gasteiger partial charge on any atom is -0.390 e. The molecule has 0 aliphatic carbocycles. The molecule has 1 unspecified atom stereocenters. The lowest BCUT2D eigenvalue weighted by Gasteiger charge is -2.10. The molecule has 1 aromatic carbocycles. The number of para-hydroxylation sites is 1. The number of aromatic nitrogens is 3. The molecule has 2 aromatic rings. The molecule has 0 bridgehead atoms. The third kappa shape index (κ3) is 4.79. The summed E-state index contributed by atoms with van der Waals surface area (Å²) in [6.07, 6.45) is 1.13. The Morgan fingerprint density at radius 1 is 1.54 bits per heavy atom. The number of rotatable bonds is 7. The second-order valence-electron chi connectivity index (χ2n) is 4.88. The van der Waals surface area contributed by atoms with E-state index in [1.807, 2.05) is 19.1 Å². The molecule has 9 nitrogen and oxygen atoms in total. The predicted molar refractivity (Wildman–Crippen MR) is 87.2 cm³/mol. The summed E-state index contributed by atoms with van der Waals surface area (Å²) in [5.41, 5.74) is 0.618. The quantitative estimate of drug-likeness (QED) is 0.462. The van der Waals surface area contributed by atoms with Gasteiger partial charge in [0.1, 0.15) is 6.54 Å². The lowest BCUT2D eigenvalue weighted by atomic mass is 10.3. The molecule has 0 fully saturated rings. The monoisotopic (exact) mass is 346 g/mol. The smallest absolute Gasteiger partial charge is 0.390 e. The van der Waals surface area contributed by atoms with Gasteiger partial charge in [-0.3, -0.25) is 4.79 Å². The maximum Gasteiger partial charge on any atom is 0.490 e. The number of nitrogens with zero attached hydrogens (tertiary/aromatic N) is 5. The van der Waals surface area contributed by atoms with Crippen molar-refractivity contribution in [2.75, 3.05) is 11.1 Å². The van der Waals surface area contributed by atoms with E-state index in [1.54, 1.807) is 12.1 Å². The molecule has 0 saturated carbocycles. The fourth-order valence-electron chi connectivity index (χ4n) is 1.73. The van der Waals surface area contributed by atoms with Crippen LogP contribution >= 0.6 is 11.8 Å². The first-order chi connectivity index (χ1) is 11.5. The molecule has 1 atom stereocenters. The van der Waals surface area contributed by atoms with Crippen molar-refractivity contribution in [1.29, 1.82) is 5.26 Å². The van der Waals surface area contributed by atoms with Gasteiger partial charge in [-0.25, -0.2) is 0 Å². The first kappa shape index (κ1) is 17.4. The Hall–Kier alpha value is -2.93. The van der Waals surface area contributed by atoms with Crippen LogP contribution in [0.15, 0.2) is 35.5 Å². The maximum atomic E-state index is 12.1. The molecule has 0 aliphatic rings. The van der Waals surface area contributed by atoms with Gasteiger partial charge in [-0.15, -0.1) is 11.8 Å². The lowest BCUT2D eigenvalue weighted by Crippen LogP contribution is -2.19. The molecular formula is C14H14N6O3S. The number of benzene rings is 1. The van der Waals surface area contributed by atoms with Crippen LogP contribution in [-0.4, -0.2) is 31.3 Å². The first-order valence-electron chi connectivity index (χ1n) is 6.94. The summed E-state index contributed by atoms with van der Waals surface area (Å²) in [7, 11) is 0. The Bertz CT molecular complexity index is 785. The van der Waals surface area contributed by atoms with Crippen molar-refractivity contribution in [1.82, 2.24) is 14.8 Å². The number of carbonyl (C=O) groups excluding carboxylic acids is 1. The summed E-state index contributed by atoms with van der Waals surface area (Å²) in [6.45, 7) is 1.64. The van der Waals surface area contributed by atoms with Crippen LogP contribution in [0.2, 0.25) is 0 Å². The van der Waals surface area contributed by atoms with E-state index in [-0.39, 0.29) is 18.4 Å². The number of anilines is 1. The van der Waals surface area contributed by atoms with Gasteiger partial charge in [0.05, 0.1) is 17.7 Å². The van der Waals surface area contributed by atoms with Crippen molar-refractivity contribution in [3.8, 4) is 6.07 Å². The van der Waals surface area contributed by atoms with E-state index in [2.05, 4.69) is 21.5 Å². The average Bonchev–Trinajstić information content (AvgIpc) is 3.02. The molecule has 124 valence electrons. The summed E-state index contributed by atoms with van der Waals surface area (Å²) in [6, 6.07) is 9.39. The van der Waals surface area contributed by atoms with Crippen LogP contribution in [-0.2, 0) is 11.3 Å². The number of hydrogen-bond donors (Lipinski definition) is 1. The van der Waals surface area contributed by atoms with Crippen molar-refractivity contribution in [3.63, 3.8) is 0 Å². The molecule has 0 radical (unpaired) electrons. The van der Waals surface area contributed by atoms with Gasteiger partial charge in [-0.05, 0) is 24.0 Å². The van der Waals surface area contributed by atoms with E-state index >= 15 is 0 Å². The molecule has 0 spiro atoms. The Morgan fingerprint density at radius 3 is 2.96 bits per heavy atom. The van der Waals surface area contributed by atoms with Crippen molar-refractivity contribution < 1.29 is 9.72 Å². The van der Waals surface area contributed by atoms with Crippen LogP contribution in [0.4, 0.5) is 11.6 Å². The van der Waals surface area contributed by atoms with Crippen LogP contribution < -0.4 is 5.32 Å². The number of hydrogen-bond acceptors (Lipinski definition) is 7. The summed E-state index contributed by atoms with van der Waals surface area (Å²) >= 11 is 1.47. The van der Waals surface area contributed by atoms with E-state index in [1.165, 1.54) is 11.8 Å². The molecule has 0 saturated heterocycles. The molecule has 24 heavy (non-hydrogen) atoms. The summed E-state index contributed by atoms with van der Waals surface area (Å²) in [5.74, 6) is -0.423. The number of carbonyl (C=O) groups is 1. The van der Waals surface area contributed by atoms with Gasteiger partial charge in [0, 0.05) is 15.7 Å². The number of nitro groups is 1. The third-order valence-electron chi connectivity index (χ3n) is 2.86. The van der Waals surface area contributed by atoms with Gasteiger partial charge in [0.25, 0.3) is 0 Å².